The lowest BCUT2D eigenvalue weighted by atomic mass is 10.1. The van der Waals surface area contributed by atoms with Crippen LogP contribution in [0, 0.1) is 6.92 Å². The first-order valence-corrected chi connectivity index (χ1v) is 7.74. The largest absolute Gasteiger partial charge is 0.394 e. The Morgan fingerprint density at radius 2 is 2.04 bits per heavy atom. The fourth-order valence-corrected chi connectivity index (χ4v) is 2.57. The highest BCUT2D eigenvalue weighted by molar-refractivity contribution is 5.03. The number of nitrogens with one attached hydrogen (secondary N) is 1. The van der Waals surface area contributed by atoms with Gasteiger partial charge in [-0.2, -0.15) is 0 Å². The number of rotatable bonds is 6. The van der Waals surface area contributed by atoms with Crippen LogP contribution < -0.4 is 11.2 Å². The summed E-state index contributed by atoms with van der Waals surface area (Å²) in [5, 5.41) is 19.7. The van der Waals surface area contributed by atoms with Crippen LogP contribution in [0.4, 0.5) is 0 Å². The highest BCUT2D eigenvalue weighted by Crippen LogP contribution is 2.32. The Hall–Kier alpha value is -1.52. The van der Waals surface area contributed by atoms with Crippen molar-refractivity contribution in [2.24, 2.45) is 0 Å². The Morgan fingerprint density at radius 1 is 1.38 bits per heavy atom. The van der Waals surface area contributed by atoms with Gasteiger partial charge in [-0.3, -0.25) is 14.3 Å². The first kappa shape index (κ1) is 18.8. The van der Waals surface area contributed by atoms with Gasteiger partial charge in [0.1, 0.15) is 18.3 Å². The Morgan fingerprint density at radius 3 is 2.62 bits per heavy atom. The average molecular weight is 344 g/mol. The van der Waals surface area contributed by atoms with Gasteiger partial charge in [-0.05, 0) is 20.8 Å². The van der Waals surface area contributed by atoms with Crippen LogP contribution in [0.15, 0.2) is 15.8 Å². The van der Waals surface area contributed by atoms with Crippen LogP contribution in [0.1, 0.15) is 25.6 Å². The summed E-state index contributed by atoms with van der Waals surface area (Å²) in [7, 11) is 1.54. The van der Waals surface area contributed by atoms with Crippen molar-refractivity contribution in [3.05, 3.63) is 32.6 Å². The predicted molar refractivity (Wildman–Crippen MR) is 83.9 cm³/mol. The van der Waals surface area contributed by atoms with E-state index >= 15 is 0 Å². The molecule has 0 radical (unpaired) electrons. The summed E-state index contributed by atoms with van der Waals surface area (Å²) in [5.41, 5.74) is -0.855. The van der Waals surface area contributed by atoms with E-state index in [0.29, 0.717) is 5.56 Å². The summed E-state index contributed by atoms with van der Waals surface area (Å²) in [6, 6.07) is 0. The Labute approximate surface area is 138 Å². The molecule has 2 rings (SSSR count). The van der Waals surface area contributed by atoms with E-state index in [1.54, 1.807) is 13.8 Å². The van der Waals surface area contributed by atoms with Crippen LogP contribution >= 0.6 is 0 Å². The molecule has 9 heteroatoms. The number of nitrogens with zero attached hydrogens (tertiary/aromatic N) is 1. The summed E-state index contributed by atoms with van der Waals surface area (Å²) in [5.74, 6) is 0. The number of H-pyrrole nitrogens is 1. The minimum absolute atomic E-state index is 0.250. The fourth-order valence-electron chi connectivity index (χ4n) is 2.57. The molecule has 0 amide bonds. The van der Waals surface area contributed by atoms with Gasteiger partial charge in [-0.15, -0.1) is 0 Å². The summed E-state index contributed by atoms with van der Waals surface area (Å²) in [6.07, 6.45) is -3.21. The molecule has 1 aliphatic rings. The normalized spacial score (nSPS) is 29.6. The van der Waals surface area contributed by atoms with Crippen LogP contribution in [0.25, 0.3) is 0 Å². The molecule has 0 aromatic carbocycles. The average Bonchev–Trinajstić information content (AvgIpc) is 2.86. The van der Waals surface area contributed by atoms with Crippen molar-refractivity contribution >= 4 is 0 Å². The van der Waals surface area contributed by atoms with Gasteiger partial charge in [0.05, 0.1) is 18.8 Å². The minimum atomic E-state index is -1.13. The molecule has 3 N–H and O–H groups in total. The number of aryl methyl sites for hydroxylation is 1. The monoisotopic (exact) mass is 344 g/mol. The van der Waals surface area contributed by atoms with Crippen molar-refractivity contribution in [2.75, 3.05) is 13.7 Å². The van der Waals surface area contributed by atoms with Gasteiger partial charge in [0.25, 0.3) is 5.56 Å². The van der Waals surface area contributed by atoms with E-state index in [2.05, 4.69) is 4.98 Å². The van der Waals surface area contributed by atoms with Gasteiger partial charge in [-0.1, -0.05) is 0 Å². The molecule has 0 aliphatic carbocycles. The number of hydrogen-bond donors (Lipinski definition) is 3. The number of aliphatic hydroxyl groups is 2. The van der Waals surface area contributed by atoms with Gasteiger partial charge >= 0.3 is 5.69 Å². The zero-order valence-electron chi connectivity index (χ0n) is 14.1. The van der Waals surface area contributed by atoms with Crippen molar-refractivity contribution in [1.82, 2.24) is 9.55 Å². The number of ether oxygens (including phenoxy) is 3. The van der Waals surface area contributed by atoms with E-state index in [1.165, 1.54) is 13.3 Å². The highest BCUT2D eigenvalue weighted by atomic mass is 16.6. The van der Waals surface area contributed by atoms with Crippen molar-refractivity contribution < 1.29 is 24.4 Å². The SMILES string of the molecule is CO[C@H](C)[C@@H](C)OC1C(O)[C@@H](CO)O[C@H]1n1cc(C)c(=O)[nH]c1=O. The molecule has 0 bridgehead atoms. The minimum Gasteiger partial charge on any atom is -0.394 e. The lowest BCUT2D eigenvalue weighted by Crippen LogP contribution is -2.43. The molecular weight excluding hydrogens is 320 g/mol. The standard InChI is InChI=1S/C15H24N2O7/c1-7-5-17(15(21)16-13(7)20)14-12(11(19)10(6-18)24-14)23-9(3)8(2)22-4/h5,8-12,14,18-19H,6H2,1-4H3,(H,16,20,21)/t8-,9-,10-,11?,12?,14-/m1/s1. The molecule has 1 aromatic heterocycles. The summed E-state index contributed by atoms with van der Waals surface area (Å²) in [4.78, 5) is 25.8. The topological polar surface area (TPSA) is 123 Å². The predicted octanol–water partition coefficient (Wildman–Crippen LogP) is -1.10. The van der Waals surface area contributed by atoms with E-state index in [4.69, 9.17) is 14.2 Å². The van der Waals surface area contributed by atoms with Gasteiger partial charge in [0.15, 0.2) is 6.23 Å². The molecule has 1 aliphatic heterocycles. The number of aromatic nitrogens is 2. The molecule has 2 unspecified atom stereocenters. The first-order chi connectivity index (χ1) is 11.3. The van der Waals surface area contributed by atoms with Crippen molar-refractivity contribution in [3.8, 4) is 0 Å². The maximum absolute atomic E-state index is 12.1. The zero-order chi connectivity index (χ0) is 18.0. The van der Waals surface area contributed by atoms with E-state index in [-0.39, 0.29) is 6.10 Å². The van der Waals surface area contributed by atoms with Gasteiger partial charge in [0, 0.05) is 18.9 Å². The van der Waals surface area contributed by atoms with Crippen LogP contribution in [0.2, 0.25) is 0 Å². The molecule has 1 saturated heterocycles. The number of aliphatic hydroxyl groups excluding tert-OH is 2. The molecule has 1 aromatic rings. The Kier molecular flexibility index (Phi) is 5.94. The fraction of sp³-hybridized carbons (Fsp3) is 0.733. The number of methoxy groups -OCH3 is 1. The maximum atomic E-state index is 12.1. The molecule has 136 valence electrons. The van der Waals surface area contributed by atoms with E-state index < -0.39 is 48.5 Å². The van der Waals surface area contributed by atoms with E-state index in [9.17, 15) is 19.8 Å². The molecule has 2 heterocycles. The molecule has 9 nitrogen and oxygen atoms in total. The second kappa shape index (κ2) is 7.58. The molecule has 1 fully saturated rings. The lowest BCUT2D eigenvalue weighted by Gasteiger charge is -2.28. The van der Waals surface area contributed by atoms with Crippen LogP contribution in [0.5, 0.6) is 0 Å². The summed E-state index contributed by atoms with van der Waals surface area (Å²) < 4.78 is 17.8. The van der Waals surface area contributed by atoms with Crippen molar-refractivity contribution in [3.63, 3.8) is 0 Å². The Balaban J connectivity index is 2.36. The third-order valence-electron chi connectivity index (χ3n) is 4.32. The quantitative estimate of drug-likeness (QED) is 0.599. The van der Waals surface area contributed by atoms with Crippen LogP contribution in [-0.4, -0.2) is 64.0 Å². The molecule has 0 saturated carbocycles. The first-order valence-electron chi connectivity index (χ1n) is 7.74. The van der Waals surface area contributed by atoms with E-state index in [0.717, 1.165) is 4.57 Å². The van der Waals surface area contributed by atoms with Gasteiger partial charge in [-0.25, -0.2) is 4.79 Å². The van der Waals surface area contributed by atoms with Crippen LogP contribution in [0.3, 0.4) is 0 Å². The second-order valence-electron chi connectivity index (χ2n) is 5.96. The Bertz CT molecular complexity index is 671. The summed E-state index contributed by atoms with van der Waals surface area (Å²) in [6.45, 7) is 4.70. The smallest absolute Gasteiger partial charge is 0.330 e. The highest BCUT2D eigenvalue weighted by Gasteiger charge is 2.46. The molecule has 0 spiro atoms. The molecule has 24 heavy (non-hydrogen) atoms. The van der Waals surface area contributed by atoms with Gasteiger partial charge < -0.3 is 24.4 Å². The lowest BCUT2D eigenvalue weighted by molar-refractivity contribution is -0.130. The maximum Gasteiger partial charge on any atom is 0.330 e. The second-order valence-corrected chi connectivity index (χ2v) is 5.96. The number of hydrogen-bond acceptors (Lipinski definition) is 7. The van der Waals surface area contributed by atoms with E-state index in [1.807, 2.05) is 6.92 Å². The number of aromatic amines is 1. The molecular formula is C15H24N2O7. The zero-order valence-corrected chi connectivity index (χ0v) is 14.1. The van der Waals surface area contributed by atoms with Crippen LogP contribution in [-0.2, 0) is 14.2 Å². The third kappa shape index (κ3) is 3.60. The summed E-state index contributed by atoms with van der Waals surface area (Å²) >= 11 is 0. The third-order valence-corrected chi connectivity index (χ3v) is 4.32. The molecule has 6 atom stereocenters. The van der Waals surface area contributed by atoms with Gasteiger partial charge in [0.2, 0.25) is 0 Å². The van der Waals surface area contributed by atoms with Crippen molar-refractivity contribution in [2.45, 2.75) is 57.5 Å². The van der Waals surface area contributed by atoms with Crippen molar-refractivity contribution in [1.29, 1.82) is 0 Å².